The summed E-state index contributed by atoms with van der Waals surface area (Å²) in [6, 6.07) is 10.0. The number of aromatic nitrogens is 2. The van der Waals surface area contributed by atoms with E-state index in [9.17, 15) is 0 Å². The van der Waals surface area contributed by atoms with Gasteiger partial charge in [-0.1, -0.05) is 19.1 Å². The van der Waals surface area contributed by atoms with Crippen molar-refractivity contribution in [3.05, 3.63) is 30.3 Å². The monoisotopic (exact) mass is 277 g/mol. The molecule has 0 aliphatic heterocycles. The third-order valence-corrected chi connectivity index (χ3v) is 3.88. The molecule has 0 aliphatic carbocycles. The summed E-state index contributed by atoms with van der Waals surface area (Å²) in [6.07, 6.45) is 1.98. The summed E-state index contributed by atoms with van der Waals surface area (Å²) in [6.45, 7) is 2.14. The van der Waals surface area contributed by atoms with E-state index in [4.69, 9.17) is 5.73 Å². The lowest BCUT2D eigenvalue weighted by Crippen LogP contribution is -1.96. The van der Waals surface area contributed by atoms with Crippen LogP contribution in [0.2, 0.25) is 0 Å². The van der Waals surface area contributed by atoms with Crippen LogP contribution in [0.25, 0.3) is 11.4 Å². The van der Waals surface area contributed by atoms with Gasteiger partial charge in [0, 0.05) is 16.5 Å². The fourth-order valence-corrected chi connectivity index (χ4v) is 2.62. The molecule has 1 heterocycles. The number of hydrogen-bond donors (Lipinski definition) is 1. The molecule has 0 fully saturated rings. The molecule has 5 heteroatoms. The zero-order valence-electron chi connectivity index (χ0n) is 10.4. The minimum atomic E-state index is 0.511. The molecule has 2 rings (SSSR count). The van der Waals surface area contributed by atoms with Gasteiger partial charge >= 0.3 is 0 Å². The number of nitrogens with two attached hydrogens (primary N) is 1. The molecule has 0 aliphatic rings. The van der Waals surface area contributed by atoms with Gasteiger partial charge in [-0.15, -0.1) is 23.5 Å². The van der Waals surface area contributed by atoms with E-state index in [2.05, 4.69) is 29.0 Å². The molecule has 1 aromatic heterocycles. The van der Waals surface area contributed by atoms with Crippen LogP contribution in [-0.2, 0) is 0 Å². The summed E-state index contributed by atoms with van der Waals surface area (Å²) in [4.78, 5) is 10.00. The second-order valence-electron chi connectivity index (χ2n) is 3.62. The number of thioether (sulfide) groups is 2. The van der Waals surface area contributed by atoms with E-state index in [1.807, 2.05) is 30.2 Å². The Kier molecular flexibility index (Phi) is 4.49. The van der Waals surface area contributed by atoms with Gasteiger partial charge in [0.25, 0.3) is 0 Å². The first-order chi connectivity index (χ1) is 8.72. The quantitative estimate of drug-likeness (QED) is 0.684. The van der Waals surface area contributed by atoms with Crippen LogP contribution in [-0.4, -0.2) is 22.0 Å². The van der Waals surface area contributed by atoms with E-state index in [1.165, 1.54) is 4.90 Å². The minimum absolute atomic E-state index is 0.511. The maximum Gasteiger partial charge on any atom is 0.162 e. The molecule has 2 N–H and O–H groups in total. The first-order valence-corrected chi connectivity index (χ1v) is 7.85. The van der Waals surface area contributed by atoms with Crippen LogP contribution >= 0.6 is 23.5 Å². The van der Waals surface area contributed by atoms with Gasteiger partial charge in [-0.2, -0.15) is 0 Å². The predicted octanol–water partition coefficient (Wildman–Crippen LogP) is 3.56. The first kappa shape index (κ1) is 13.2. The SMILES string of the molecule is CCSc1ccc(-c2nc(N)cc(SC)n2)cc1. The van der Waals surface area contributed by atoms with Crippen LogP contribution in [0.3, 0.4) is 0 Å². The summed E-state index contributed by atoms with van der Waals surface area (Å²) in [7, 11) is 0. The zero-order chi connectivity index (χ0) is 13.0. The summed E-state index contributed by atoms with van der Waals surface area (Å²) < 4.78 is 0. The van der Waals surface area contributed by atoms with Crippen molar-refractivity contribution in [2.24, 2.45) is 0 Å². The maximum absolute atomic E-state index is 5.78. The fraction of sp³-hybridized carbons (Fsp3) is 0.231. The summed E-state index contributed by atoms with van der Waals surface area (Å²) >= 11 is 3.39. The molecular formula is C13H15N3S2. The van der Waals surface area contributed by atoms with Crippen molar-refractivity contribution in [1.82, 2.24) is 9.97 Å². The van der Waals surface area contributed by atoms with Gasteiger partial charge in [-0.3, -0.25) is 0 Å². The Labute approximate surface area is 116 Å². The smallest absolute Gasteiger partial charge is 0.162 e. The third kappa shape index (κ3) is 3.17. The van der Waals surface area contributed by atoms with Gasteiger partial charge in [-0.25, -0.2) is 9.97 Å². The topological polar surface area (TPSA) is 51.8 Å². The highest BCUT2D eigenvalue weighted by molar-refractivity contribution is 7.99. The molecule has 0 saturated heterocycles. The summed E-state index contributed by atoms with van der Waals surface area (Å²) in [5.41, 5.74) is 6.78. The average molecular weight is 277 g/mol. The van der Waals surface area contributed by atoms with Crippen LogP contribution in [0.4, 0.5) is 5.82 Å². The van der Waals surface area contributed by atoms with Gasteiger partial charge < -0.3 is 5.73 Å². The number of hydrogen-bond acceptors (Lipinski definition) is 5. The Morgan fingerprint density at radius 2 is 1.89 bits per heavy atom. The zero-order valence-corrected chi connectivity index (χ0v) is 12.0. The lowest BCUT2D eigenvalue weighted by molar-refractivity contribution is 1.07. The second-order valence-corrected chi connectivity index (χ2v) is 5.78. The maximum atomic E-state index is 5.78. The van der Waals surface area contributed by atoms with Crippen LogP contribution in [0.15, 0.2) is 40.3 Å². The van der Waals surface area contributed by atoms with Crippen molar-refractivity contribution in [2.45, 2.75) is 16.8 Å². The molecule has 0 amide bonds. The van der Waals surface area contributed by atoms with Crippen LogP contribution in [0, 0.1) is 0 Å². The number of rotatable bonds is 4. The standard InChI is InChI=1S/C13H15N3S2/c1-3-18-10-6-4-9(5-7-10)13-15-11(14)8-12(16-13)17-2/h4-8H,3H2,1-2H3,(H2,14,15,16). The largest absolute Gasteiger partial charge is 0.384 e. The molecule has 0 radical (unpaired) electrons. The van der Waals surface area contributed by atoms with E-state index in [0.29, 0.717) is 11.6 Å². The Morgan fingerprint density at radius 1 is 1.17 bits per heavy atom. The minimum Gasteiger partial charge on any atom is -0.384 e. The van der Waals surface area contributed by atoms with Crippen molar-refractivity contribution in [3.63, 3.8) is 0 Å². The molecule has 1 aromatic carbocycles. The van der Waals surface area contributed by atoms with E-state index >= 15 is 0 Å². The highest BCUT2D eigenvalue weighted by atomic mass is 32.2. The normalized spacial score (nSPS) is 10.6. The Hall–Kier alpha value is -1.20. The highest BCUT2D eigenvalue weighted by Crippen LogP contribution is 2.24. The molecule has 0 spiro atoms. The lowest BCUT2D eigenvalue weighted by atomic mass is 10.2. The number of anilines is 1. The van der Waals surface area contributed by atoms with Gasteiger partial charge in [0.2, 0.25) is 0 Å². The van der Waals surface area contributed by atoms with Crippen molar-refractivity contribution in [1.29, 1.82) is 0 Å². The van der Waals surface area contributed by atoms with Crippen molar-refractivity contribution in [2.75, 3.05) is 17.7 Å². The molecule has 3 nitrogen and oxygen atoms in total. The average Bonchev–Trinajstić information content (AvgIpc) is 2.39. The second kappa shape index (κ2) is 6.11. The van der Waals surface area contributed by atoms with E-state index < -0.39 is 0 Å². The van der Waals surface area contributed by atoms with Gasteiger partial charge in [-0.05, 0) is 24.1 Å². The van der Waals surface area contributed by atoms with Gasteiger partial charge in [0.1, 0.15) is 10.8 Å². The predicted molar refractivity (Wildman–Crippen MR) is 80.1 cm³/mol. The number of benzene rings is 1. The van der Waals surface area contributed by atoms with E-state index in [-0.39, 0.29) is 0 Å². The lowest BCUT2D eigenvalue weighted by Gasteiger charge is -2.05. The number of nitrogens with zero attached hydrogens (tertiary/aromatic N) is 2. The van der Waals surface area contributed by atoms with Gasteiger partial charge in [0.15, 0.2) is 5.82 Å². The molecule has 2 aromatic rings. The third-order valence-electron chi connectivity index (χ3n) is 2.36. The summed E-state index contributed by atoms with van der Waals surface area (Å²) in [5.74, 6) is 2.27. The van der Waals surface area contributed by atoms with Crippen molar-refractivity contribution >= 4 is 29.3 Å². The Balaban J connectivity index is 2.33. The number of nitrogen functional groups attached to an aromatic ring is 1. The fourth-order valence-electron chi connectivity index (χ4n) is 1.54. The van der Waals surface area contributed by atoms with Crippen LogP contribution in [0.1, 0.15) is 6.92 Å². The molecular weight excluding hydrogens is 262 g/mol. The van der Waals surface area contributed by atoms with Crippen LogP contribution in [0.5, 0.6) is 0 Å². The highest BCUT2D eigenvalue weighted by Gasteiger charge is 2.05. The first-order valence-electron chi connectivity index (χ1n) is 5.64. The van der Waals surface area contributed by atoms with Crippen LogP contribution < -0.4 is 5.73 Å². The van der Waals surface area contributed by atoms with Gasteiger partial charge in [0.05, 0.1) is 0 Å². The molecule has 0 saturated carbocycles. The Bertz CT molecular complexity index is 526. The van der Waals surface area contributed by atoms with E-state index in [0.717, 1.165) is 16.3 Å². The summed E-state index contributed by atoms with van der Waals surface area (Å²) in [5, 5.41) is 0.893. The molecule has 94 valence electrons. The Morgan fingerprint density at radius 3 is 2.50 bits per heavy atom. The molecule has 18 heavy (non-hydrogen) atoms. The van der Waals surface area contributed by atoms with E-state index in [1.54, 1.807) is 17.8 Å². The molecule has 0 atom stereocenters. The van der Waals surface area contributed by atoms with Crippen molar-refractivity contribution < 1.29 is 0 Å². The van der Waals surface area contributed by atoms with Crippen molar-refractivity contribution in [3.8, 4) is 11.4 Å². The molecule has 0 unspecified atom stereocenters. The molecule has 0 bridgehead atoms.